The molecule has 5 nitrogen and oxygen atoms in total. The van der Waals surface area contributed by atoms with E-state index in [-0.39, 0.29) is 25.0 Å². The number of hydrogen-bond acceptors (Lipinski definition) is 3. The van der Waals surface area contributed by atoms with Crippen LogP contribution in [0.25, 0.3) is 0 Å². The van der Waals surface area contributed by atoms with Crippen LogP contribution >= 0.6 is 0 Å². The van der Waals surface area contributed by atoms with Crippen molar-refractivity contribution in [3.8, 4) is 0 Å². The highest BCUT2D eigenvalue weighted by Gasteiger charge is 2.19. The van der Waals surface area contributed by atoms with Gasteiger partial charge in [-0.05, 0) is 13.3 Å². The molecule has 0 spiro atoms. The first-order chi connectivity index (χ1) is 6.02. The predicted octanol–water partition coefficient (Wildman–Crippen LogP) is -0.343. The molecule has 0 heterocycles. The highest BCUT2D eigenvalue weighted by Crippen LogP contribution is 2.02. The third kappa shape index (κ3) is 3.89. The van der Waals surface area contributed by atoms with Gasteiger partial charge in [0.2, 0.25) is 5.91 Å². The number of carboxylic acids is 1. The van der Waals surface area contributed by atoms with Crippen LogP contribution in [-0.2, 0) is 9.59 Å². The molecule has 0 saturated heterocycles. The van der Waals surface area contributed by atoms with E-state index in [4.69, 9.17) is 10.8 Å². The fraction of sp³-hybridized carbons (Fsp3) is 0.750. The lowest BCUT2D eigenvalue weighted by molar-refractivity contribution is -0.145. The zero-order chi connectivity index (χ0) is 10.4. The molecule has 1 amide bonds. The van der Waals surface area contributed by atoms with Crippen molar-refractivity contribution in [1.29, 1.82) is 0 Å². The summed E-state index contributed by atoms with van der Waals surface area (Å²) in [5, 5.41) is 8.54. The summed E-state index contributed by atoms with van der Waals surface area (Å²) in [5.41, 5.74) is 5.16. The van der Waals surface area contributed by atoms with Crippen molar-refractivity contribution in [3.05, 3.63) is 0 Å². The van der Waals surface area contributed by atoms with Crippen LogP contribution in [0.5, 0.6) is 0 Å². The number of carbonyl (C=O) groups is 2. The second-order valence-corrected chi connectivity index (χ2v) is 2.88. The van der Waals surface area contributed by atoms with Gasteiger partial charge in [-0.2, -0.15) is 0 Å². The number of carboxylic acid groups (broad SMARTS) is 1. The predicted molar refractivity (Wildman–Crippen MR) is 48.2 cm³/mol. The number of nitrogens with two attached hydrogens (primary N) is 1. The van der Waals surface area contributed by atoms with Gasteiger partial charge < -0.3 is 15.7 Å². The van der Waals surface area contributed by atoms with E-state index in [2.05, 4.69) is 0 Å². The maximum Gasteiger partial charge on any atom is 0.323 e. The summed E-state index contributed by atoms with van der Waals surface area (Å²) in [5.74, 6) is -1.33. The number of aliphatic carboxylic acids is 1. The topological polar surface area (TPSA) is 83.6 Å². The fourth-order valence-corrected chi connectivity index (χ4v) is 0.973. The Hall–Kier alpha value is -1.10. The van der Waals surface area contributed by atoms with Crippen molar-refractivity contribution < 1.29 is 14.7 Å². The third-order valence-corrected chi connectivity index (χ3v) is 1.92. The van der Waals surface area contributed by atoms with Crippen molar-refractivity contribution in [1.82, 2.24) is 4.90 Å². The van der Waals surface area contributed by atoms with Gasteiger partial charge in [0, 0.05) is 6.04 Å². The van der Waals surface area contributed by atoms with E-state index in [0.717, 1.165) is 6.42 Å². The minimum absolute atomic E-state index is 0.0767. The quantitative estimate of drug-likeness (QED) is 0.618. The standard InChI is InChI=1S/C8H16N2O3/c1-3-6(2)10(5-8(12)13)7(11)4-9/h6H,3-5,9H2,1-2H3,(H,12,13). The highest BCUT2D eigenvalue weighted by molar-refractivity contribution is 5.82. The smallest absolute Gasteiger partial charge is 0.323 e. The molecule has 1 atom stereocenters. The van der Waals surface area contributed by atoms with E-state index in [0.29, 0.717) is 0 Å². The second kappa shape index (κ2) is 5.53. The Balaban J connectivity index is 4.35. The zero-order valence-corrected chi connectivity index (χ0v) is 7.99. The Morgan fingerprint density at radius 1 is 1.54 bits per heavy atom. The van der Waals surface area contributed by atoms with Crippen molar-refractivity contribution in [2.24, 2.45) is 5.73 Å². The lowest BCUT2D eigenvalue weighted by atomic mass is 10.2. The Morgan fingerprint density at radius 3 is 2.38 bits per heavy atom. The first kappa shape index (κ1) is 11.9. The number of rotatable bonds is 5. The molecule has 0 aliphatic heterocycles. The molecule has 0 rings (SSSR count). The molecule has 3 N–H and O–H groups in total. The van der Waals surface area contributed by atoms with Crippen LogP contribution < -0.4 is 5.73 Å². The fourth-order valence-electron chi connectivity index (χ4n) is 0.973. The molecule has 5 heteroatoms. The summed E-state index contributed by atoms with van der Waals surface area (Å²) >= 11 is 0. The maximum atomic E-state index is 11.2. The Labute approximate surface area is 77.5 Å². The van der Waals surface area contributed by atoms with Crippen LogP contribution in [0.4, 0.5) is 0 Å². The molecule has 0 saturated carbocycles. The molecule has 0 fully saturated rings. The van der Waals surface area contributed by atoms with Gasteiger partial charge in [-0.1, -0.05) is 6.92 Å². The molecule has 76 valence electrons. The monoisotopic (exact) mass is 188 g/mol. The summed E-state index contributed by atoms with van der Waals surface area (Å²) in [6, 6.07) is -0.0767. The Bertz CT molecular complexity index is 194. The van der Waals surface area contributed by atoms with Crippen LogP contribution in [-0.4, -0.2) is 41.0 Å². The number of carbonyl (C=O) groups excluding carboxylic acids is 1. The molecular formula is C8H16N2O3. The van der Waals surface area contributed by atoms with E-state index in [9.17, 15) is 9.59 Å². The average molecular weight is 188 g/mol. The summed E-state index contributed by atoms with van der Waals surface area (Å²) in [6.45, 7) is 3.28. The van der Waals surface area contributed by atoms with E-state index < -0.39 is 5.97 Å². The summed E-state index contributed by atoms with van der Waals surface area (Å²) < 4.78 is 0. The minimum atomic E-state index is -1.01. The molecule has 0 aliphatic rings. The molecule has 0 radical (unpaired) electrons. The van der Waals surface area contributed by atoms with E-state index in [1.54, 1.807) is 6.92 Å². The largest absolute Gasteiger partial charge is 0.480 e. The molecule has 13 heavy (non-hydrogen) atoms. The highest BCUT2D eigenvalue weighted by atomic mass is 16.4. The molecular weight excluding hydrogens is 172 g/mol. The minimum Gasteiger partial charge on any atom is -0.480 e. The first-order valence-corrected chi connectivity index (χ1v) is 4.24. The number of nitrogens with zero attached hydrogens (tertiary/aromatic N) is 1. The van der Waals surface area contributed by atoms with Crippen molar-refractivity contribution in [2.45, 2.75) is 26.3 Å². The maximum absolute atomic E-state index is 11.2. The SMILES string of the molecule is CCC(C)N(CC(=O)O)C(=O)CN. The van der Waals surface area contributed by atoms with Gasteiger partial charge in [0.1, 0.15) is 6.54 Å². The average Bonchev–Trinajstić information content (AvgIpc) is 2.11. The second-order valence-electron chi connectivity index (χ2n) is 2.88. The van der Waals surface area contributed by atoms with Gasteiger partial charge in [0.25, 0.3) is 0 Å². The third-order valence-electron chi connectivity index (χ3n) is 1.92. The van der Waals surface area contributed by atoms with Crippen molar-refractivity contribution in [3.63, 3.8) is 0 Å². The van der Waals surface area contributed by atoms with Crippen LogP contribution in [0.1, 0.15) is 20.3 Å². The summed E-state index contributed by atoms with van der Waals surface area (Å²) in [7, 11) is 0. The Morgan fingerprint density at radius 2 is 2.08 bits per heavy atom. The van der Waals surface area contributed by atoms with Crippen LogP contribution in [0.3, 0.4) is 0 Å². The van der Waals surface area contributed by atoms with Gasteiger partial charge >= 0.3 is 5.97 Å². The molecule has 0 aromatic carbocycles. The number of amides is 1. The van der Waals surface area contributed by atoms with Gasteiger partial charge in [-0.3, -0.25) is 9.59 Å². The van der Waals surface area contributed by atoms with Gasteiger partial charge in [-0.15, -0.1) is 0 Å². The van der Waals surface area contributed by atoms with E-state index >= 15 is 0 Å². The van der Waals surface area contributed by atoms with Crippen molar-refractivity contribution in [2.75, 3.05) is 13.1 Å². The first-order valence-electron chi connectivity index (χ1n) is 4.24. The van der Waals surface area contributed by atoms with E-state index in [1.807, 2.05) is 6.92 Å². The van der Waals surface area contributed by atoms with Gasteiger partial charge in [-0.25, -0.2) is 0 Å². The van der Waals surface area contributed by atoms with Crippen LogP contribution in [0, 0.1) is 0 Å². The summed E-state index contributed by atoms with van der Waals surface area (Å²) in [6.07, 6.45) is 0.721. The van der Waals surface area contributed by atoms with Crippen LogP contribution in [0.15, 0.2) is 0 Å². The van der Waals surface area contributed by atoms with E-state index in [1.165, 1.54) is 4.90 Å². The molecule has 0 aliphatic carbocycles. The lowest BCUT2D eigenvalue weighted by Crippen LogP contribution is -2.44. The normalized spacial score (nSPS) is 12.2. The molecule has 0 aromatic rings. The van der Waals surface area contributed by atoms with Crippen molar-refractivity contribution >= 4 is 11.9 Å². The molecule has 0 aromatic heterocycles. The molecule has 1 unspecified atom stereocenters. The summed E-state index contributed by atoms with van der Waals surface area (Å²) in [4.78, 5) is 22.9. The number of hydrogen-bond donors (Lipinski definition) is 2. The van der Waals surface area contributed by atoms with Gasteiger partial charge in [0.15, 0.2) is 0 Å². The lowest BCUT2D eigenvalue weighted by Gasteiger charge is -2.26. The Kier molecular flexibility index (Phi) is 5.06. The zero-order valence-electron chi connectivity index (χ0n) is 7.99. The van der Waals surface area contributed by atoms with Gasteiger partial charge in [0.05, 0.1) is 6.54 Å². The molecule has 0 bridgehead atoms. The van der Waals surface area contributed by atoms with Crippen LogP contribution in [0.2, 0.25) is 0 Å².